The quantitative estimate of drug-likeness (QED) is 0.576. The average molecular weight is 444 g/mol. The maximum absolute atomic E-state index is 5.67. The van der Waals surface area contributed by atoms with Gasteiger partial charge < -0.3 is 14.2 Å². The number of hydrogen-bond acceptors (Lipinski definition) is 7. The van der Waals surface area contributed by atoms with E-state index in [1.54, 1.807) is 0 Å². The number of piperazine rings is 1. The molecule has 8 heteroatoms. The summed E-state index contributed by atoms with van der Waals surface area (Å²) in [6.45, 7) is 6.88. The number of nitrogens with zero attached hydrogens (tertiary/aromatic N) is 5. The highest BCUT2D eigenvalue weighted by molar-refractivity contribution is 9.10. The lowest BCUT2D eigenvalue weighted by molar-refractivity contribution is 0.215. The molecule has 0 radical (unpaired) electrons. The lowest BCUT2D eigenvalue weighted by Crippen LogP contribution is -2.46. The molecule has 3 aromatic rings. The molecule has 0 unspecified atom stereocenters. The topological polar surface area (TPSA) is 67.5 Å². The van der Waals surface area contributed by atoms with Crippen LogP contribution in [0, 0.1) is 0 Å². The van der Waals surface area contributed by atoms with E-state index in [0.717, 1.165) is 47.8 Å². The van der Waals surface area contributed by atoms with Crippen molar-refractivity contribution in [1.29, 1.82) is 0 Å². The summed E-state index contributed by atoms with van der Waals surface area (Å²) >= 11 is 3.43. The Balaban J connectivity index is 1.37. The van der Waals surface area contributed by atoms with Crippen LogP contribution in [0.25, 0.3) is 11.4 Å². The molecular formula is C20H22BrN5O2. The lowest BCUT2D eigenvalue weighted by atomic mass is 10.2. The van der Waals surface area contributed by atoms with Crippen LogP contribution < -0.4 is 9.64 Å². The van der Waals surface area contributed by atoms with Crippen molar-refractivity contribution in [1.82, 2.24) is 20.0 Å². The van der Waals surface area contributed by atoms with Crippen LogP contribution in [0.3, 0.4) is 0 Å². The predicted molar refractivity (Wildman–Crippen MR) is 110 cm³/mol. The van der Waals surface area contributed by atoms with Gasteiger partial charge in [0.15, 0.2) is 0 Å². The molecule has 1 fully saturated rings. The third-order valence-electron chi connectivity index (χ3n) is 4.66. The van der Waals surface area contributed by atoms with Crippen LogP contribution in [-0.4, -0.2) is 52.8 Å². The molecule has 4 rings (SSSR count). The van der Waals surface area contributed by atoms with E-state index < -0.39 is 0 Å². The average Bonchev–Trinajstić information content (AvgIpc) is 3.18. The summed E-state index contributed by atoms with van der Waals surface area (Å²) < 4.78 is 12.1. The van der Waals surface area contributed by atoms with Gasteiger partial charge in [-0.1, -0.05) is 17.3 Å². The molecule has 0 amide bonds. The van der Waals surface area contributed by atoms with Crippen molar-refractivity contribution in [3.05, 3.63) is 53.0 Å². The zero-order valence-electron chi connectivity index (χ0n) is 15.7. The van der Waals surface area contributed by atoms with Crippen molar-refractivity contribution in [3.8, 4) is 17.1 Å². The van der Waals surface area contributed by atoms with E-state index in [-0.39, 0.29) is 0 Å². The third kappa shape index (κ3) is 4.34. The van der Waals surface area contributed by atoms with Gasteiger partial charge in [-0.2, -0.15) is 4.98 Å². The number of ether oxygens (including phenoxy) is 1. The molecule has 1 aliphatic rings. The summed E-state index contributed by atoms with van der Waals surface area (Å²) in [5.74, 6) is 2.97. The van der Waals surface area contributed by atoms with Gasteiger partial charge in [-0.3, -0.25) is 4.90 Å². The highest BCUT2D eigenvalue weighted by Crippen LogP contribution is 2.27. The van der Waals surface area contributed by atoms with Crippen molar-refractivity contribution >= 4 is 21.7 Å². The zero-order chi connectivity index (χ0) is 19.3. The van der Waals surface area contributed by atoms with Crippen LogP contribution in [0.2, 0.25) is 0 Å². The van der Waals surface area contributed by atoms with Gasteiger partial charge in [-0.15, -0.1) is 0 Å². The van der Waals surface area contributed by atoms with Crippen molar-refractivity contribution in [2.75, 3.05) is 37.7 Å². The van der Waals surface area contributed by atoms with Gasteiger partial charge in [-0.25, -0.2) is 4.98 Å². The first-order valence-electron chi connectivity index (χ1n) is 9.36. The molecule has 0 atom stereocenters. The minimum Gasteiger partial charge on any atom is -0.493 e. The summed E-state index contributed by atoms with van der Waals surface area (Å²) in [5, 5.41) is 4.15. The van der Waals surface area contributed by atoms with E-state index in [9.17, 15) is 0 Å². The highest BCUT2D eigenvalue weighted by atomic mass is 79.9. The molecule has 2 aromatic heterocycles. The Morgan fingerprint density at radius 3 is 2.68 bits per heavy atom. The minimum atomic E-state index is 0.566. The second-order valence-electron chi connectivity index (χ2n) is 6.54. The Morgan fingerprint density at radius 2 is 1.93 bits per heavy atom. The lowest BCUT2D eigenvalue weighted by Gasteiger charge is -2.34. The molecule has 0 saturated carbocycles. The Bertz CT molecular complexity index is 907. The summed E-state index contributed by atoms with van der Waals surface area (Å²) in [6, 6.07) is 11.8. The Morgan fingerprint density at radius 1 is 1.11 bits per heavy atom. The van der Waals surface area contributed by atoms with Gasteiger partial charge in [0, 0.05) is 36.8 Å². The SMILES string of the molecule is CCOc1ccccc1-c1noc(CN2CCN(c3ccc(Br)cn3)CC2)n1. The minimum absolute atomic E-state index is 0.566. The maximum Gasteiger partial charge on any atom is 0.241 e. The first kappa shape index (κ1) is 18.9. The summed E-state index contributed by atoms with van der Waals surface area (Å²) in [5.41, 5.74) is 0.852. The monoisotopic (exact) mass is 443 g/mol. The molecule has 7 nitrogen and oxygen atoms in total. The number of anilines is 1. The van der Waals surface area contributed by atoms with E-state index in [4.69, 9.17) is 9.26 Å². The van der Waals surface area contributed by atoms with Crippen molar-refractivity contribution in [2.24, 2.45) is 0 Å². The number of aromatic nitrogens is 3. The molecule has 3 heterocycles. The van der Waals surface area contributed by atoms with Crippen LogP contribution in [0.1, 0.15) is 12.8 Å². The normalized spacial score (nSPS) is 15.0. The number of hydrogen-bond donors (Lipinski definition) is 0. The van der Waals surface area contributed by atoms with Gasteiger partial charge in [0.25, 0.3) is 0 Å². The van der Waals surface area contributed by atoms with E-state index >= 15 is 0 Å². The van der Waals surface area contributed by atoms with Gasteiger partial charge in [0.1, 0.15) is 11.6 Å². The van der Waals surface area contributed by atoms with Crippen LogP contribution >= 0.6 is 15.9 Å². The van der Waals surface area contributed by atoms with Crippen LogP contribution in [0.5, 0.6) is 5.75 Å². The van der Waals surface area contributed by atoms with Gasteiger partial charge >= 0.3 is 0 Å². The summed E-state index contributed by atoms with van der Waals surface area (Å²) in [6.07, 6.45) is 1.84. The molecule has 1 aliphatic heterocycles. The zero-order valence-corrected chi connectivity index (χ0v) is 17.3. The van der Waals surface area contributed by atoms with Gasteiger partial charge in [-0.05, 0) is 47.1 Å². The Labute approximate surface area is 172 Å². The summed E-state index contributed by atoms with van der Waals surface area (Å²) in [4.78, 5) is 13.7. The number of halogens is 1. The summed E-state index contributed by atoms with van der Waals surface area (Å²) in [7, 11) is 0. The fourth-order valence-corrected chi connectivity index (χ4v) is 3.48. The van der Waals surface area contributed by atoms with Crippen LogP contribution in [-0.2, 0) is 6.54 Å². The van der Waals surface area contributed by atoms with Crippen LogP contribution in [0.4, 0.5) is 5.82 Å². The fraction of sp³-hybridized carbons (Fsp3) is 0.350. The maximum atomic E-state index is 5.67. The van der Waals surface area contributed by atoms with E-state index in [0.29, 0.717) is 24.9 Å². The van der Waals surface area contributed by atoms with E-state index in [1.165, 1.54) is 0 Å². The molecule has 28 heavy (non-hydrogen) atoms. The van der Waals surface area contributed by atoms with Gasteiger partial charge in [0.05, 0.1) is 18.7 Å². The fourth-order valence-electron chi connectivity index (χ4n) is 3.24. The molecule has 1 aromatic carbocycles. The van der Waals surface area contributed by atoms with E-state index in [1.807, 2.05) is 49.5 Å². The molecule has 1 saturated heterocycles. The first-order valence-corrected chi connectivity index (χ1v) is 10.2. The first-order chi connectivity index (χ1) is 13.7. The predicted octanol–water partition coefficient (Wildman–Crippen LogP) is 3.62. The van der Waals surface area contributed by atoms with Gasteiger partial charge in [0.2, 0.25) is 11.7 Å². The van der Waals surface area contributed by atoms with Crippen molar-refractivity contribution in [3.63, 3.8) is 0 Å². The standard InChI is InChI=1S/C20H22BrN5O2/c1-2-27-17-6-4-3-5-16(17)20-23-19(28-24-20)14-25-9-11-26(12-10-25)18-8-7-15(21)13-22-18/h3-8,13H,2,9-12,14H2,1H3. The number of benzene rings is 1. The third-order valence-corrected chi connectivity index (χ3v) is 5.13. The Kier molecular flexibility index (Phi) is 5.87. The molecular weight excluding hydrogens is 422 g/mol. The second-order valence-corrected chi connectivity index (χ2v) is 7.45. The molecule has 0 spiro atoms. The van der Waals surface area contributed by atoms with E-state index in [2.05, 4.69) is 40.9 Å². The molecule has 0 aliphatic carbocycles. The Hall–Kier alpha value is -2.45. The number of pyridine rings is 1. The van der Waals surface area contributed by atoms with Crippen molar-refractivity contribution < 1.29 is 9.26 Å². The smallest absolute Gasteiger partial charge is 0.241 e. The molecule has 146 valence electrons. The second kappa shape index (κ2) is 8.70. The molecule has 0 bridgehead atoms. The largest absolute Gasteiger partial charge is 0.493 e. The number of para-hydroxylation sites is 1. The molecule has 0 N–H and O–H groups in total. The number of rotatable bonds is 6. The highest BCUT2D eigenvalue weighted by Gasteiger charge is 2.21. The van der Waals surface area contributed by atoms with Crippen LogP contribution in [0.15, 0.2) is 51.6 Å². The van der Waals surface area contributed by atoms with Crippen molar-refractivity contribution in [2.45, 2.75) is 13.5 Å².